The van der Waals surface area contributed by atoms with Crippen molar-refractivity contribution < 1.29 is 0 Å². The molecule has 1 radical (unpaired) electrons. The summed E-state index contributed by atoms with van der Waals surface area (Å²) in [6.45, 7) is 0.747. The van der Waals surface area contributed by atoms with Gasteiger partial charge in [-0.15, -0.1) is 0 Å². The molecule has 0 unspecified atom stereocenters. The molecule has 0 aromatic heterocycles. The first kappa shape index (κ1) is 3.40. The lowest BCUT2D eigenvalue weighted by Crippen LogP contribution is -2.07. The molecule has 0 aromatic rings. The summed E-state index contributed by atoms with van der Waals surface area (Å²) >= 11 is 0. The second-order valence-electron chi connectivity index (χ2n) is 0.984. The van der Waals surface area contributed by atoms with Crippen molar-refractivity contribution in [2.75, 3.05) is 6.54 Å². The highest BCUT2D eigenvalue weighted by Crippen LogP contribution is 1.70. The van der Waals surface area contributed by atoms with E-state index in [1.54, 1.807) is 12.3 Å². The zero-order chi connectivity index (χ0) is 4.24. The molecule has 0 aromatic carbocycles. The number of allylic oxidation sites excluding steroid dienone is 1. The highest BCUT2D eigenvalue weighted by molar-refractivity contribution is 5.70. The normalized spacial score (nSPS) is 17.3. The van der Waals surface area contributed by atoms with Gasteiger partial charge in [-0.05, 0) is 12.2 Å². The van der Waals surface area contributed by atoms with E-state index in [-0.39, 0.29) is 0 Å². The molecular weight excluding hydrogens is 76.1 g/mol. The van der Waals surface area contributed by atoms with Gasteiger partial charge in [0.1, 0.15) is 0 Å². The quantitative estimate of drug-likeness (QED) is 0.434. The van der Waals surface area contributed by atoms with Gasteiger partial charge in [0.05, 0.1) is 6.54 Å². The van der Waals surface area contributed by atoms with Crippen LogP contribution in [0.3, 0.4) is 0 Å². The summed E-state index contributed by atoms with van der Waals surface area (Å²) < 4.78 is 0. The number of nitrogens with zero attached hydrogens (tertiary/aromatic N) is 1. The Bertz CT molecular complexity index is 71.5. The molecule has 0 fully saturated rings. The molecule has 1 aliphatic rings. The van der Waals surface area contributed by atoms with Crippen molar-refractivity contribution in [3.63, 3.8) is 0 Å². The highest BCUT2D eigenvalue weighted by Gasteiger charge is 1.75. The zero-order valence-corrected chi connectivity index (χ0v) is 3.31. The van der Waals surface area contributed by atoms with Gasteiger partial charge in [-0.1, -0.05) is 0 Å². The summed E-state index contributed by atoms with van der Waals surface area (Å²) in [4.78, 5) is 0. The van der Waals surface area contributed by atoms with Gasteiger partial charge in [0.2, 0.25) is 0 Å². The minimum Gasteiger partial charge on any atom is -0.306 e. The number of rotatable bonds is 0. The Kier molecular flexibility index (Phi) is 0.906. The molecule has 6 heavy (non-hydrogen) atoms. The van der Waals surface area contributed by atoms with Crippen LogP contribution in [0.15, 0.2) is 11.2 Å². The van der Waals surface area contributed by atoms with Crippen molar-refractivity contribution >= 4 is 6.21 Å². The highest BCUT2D eigenvalue weighted by atomic mass is 15.3. The summed E-state index contributed by atoms with van der Waals surface area (Å²) in [7, 11) is 0. The van der Waals surface area contributed by atoms with E-state index in [4.69, 9.17) is 0 Å². The monoisotopic (exact) mass is 81.0 g/mol. The lowest BCUT2D eigenvalue weighted by atomic mass is 10.5. The maximum absolute atomic E-state index is 3.68. The standard InChI is InChI=1S/C4H5N2/c1-2-4-6-5-3-1/h1,3,6H,4H2. The topological polar surface area (TPSA) is 24.4 Å². The van der Waals surface area contributed by atoms with E-state index < -0.39 is 0 Å². The summed E-state index contributed by atoms with van der Waals surface area (Å²) in [5.41, 5.74) is 2.71. The molecular formula is C4H5N2. The van der Waals surface area contributed by atoms with Gasteiger partial charge in [0, 0.05) is 6.21 Å². The van der Waals surface area contributed by atoms with Gasteiger partial charge < -0.3 is 5.43 Å². The fourth-order valence-corrected chi connectivity index (χ4v) is 0.293. The van der Waals surface area contributed by atoms with Crippen LogP contribution in [-0.2, 0) is 0 Å². The number of nitrogens with one attached hydrogen (secondary N) is 1. The lowest BCUT2D eigenvalue weighted by Gasteiger charge is -1.93. The van der Waals surface area contributed by atoms with E-state index in [9.17, 15) is 0 Å². The van der Waals surface area contributed by atoms with E-state index in [1.807, 2.05) is 0 Å². The van der Waals surface area contributed by atoms with Crippen molar-refractivity contribution in [1.82, 2.24) is 5.43 Å². The molecule has 0 saturated carbocycles. The van der Waals surface area contributed by atoms with Crippen molar-refractivity contribution in [2.45, 2.75) is 0 Å². The minimum atomic E-state index is 0.747. The first-order chi connectivity index (χ1) is 3.00. The van der Waals surface area contributed by atoms with Crippen molar-refractivity contribution in [3.05, 3.63) is 12.2 Å². The average Bonchev–Trinajstić information content (AvgIpc) is 1.72. The van der Waals surface area contributed by atoms with Gasteiger partial charge in [0.15, 0.2) is 0 Å². The van der Waals surface area contributed by atoms with Crippen LogP contribution in [0.5, 0.6) is 0 Å². The Morgan fingerprint density at radius 1 is 1.83 bits per heavy atom. The first-order valence-corrected chi connectivity index (χ1v) is 1.81. The molecule has 1 heterocycles. The zero-order valence-electron chi connectivity index (χ0n) is 3.31. The van der Waals surface area contributed by atoms with Crippen LogP contribution in [0, 0.1) is 6.08 Å². The average molecular weight is 81.1 g/mol. The molecule has 0 amide bonds. The summed E-state index contributed by atoms with van der Waals surface area (Å²) in [5.74, 6) is 0. The molecule has 0 spiro atoms. The van der Waals surface area contributed by atoms with E-state index in [0.29, 0.717) is 0 Å². The molecule has 1 aliphatic heterocycles. The van der Waals surface area contributed by atoms with Crippen molar-refractivity contribution in [1.29, 1.82) is 0 Å². The molecule has 0 saturated heterocycles. The Hall–Kier alpha value is -0.790. The Balaban J connectivity index is 2.46. The van der Waals surface area contributed by atoms with E-state index in [2.05, 4.69) is 16.6 Å². The Morgan fingerprint density at radius 3 is 3.00 bits per heavy atom. The predicted octanol–water partition coefficient (Wildman–Crippen LogP) is -0.0652. The SMILES string of the molecule is [C]1=CC=NNC1. The fourth-order valence-electron chi connectivity index (χ4n) is 0.293. The second kappa shape index (κ2) is 1.60. The van der Waals surface area contributed by atoms with Crippen molar-refractivity contribution in [3.8, 4) is 0 Å². The van der Waals surface area contributed by atoms with E-state index in [1.165, 1.54) is 0 Å². The predicted molar refractivity (Wildman–Crippen MR) is 24.3 cm³/mol. The largest absolute Gasteiger partial charge is 0.306 e. The van der Waals surface area contributed by atoms with Crippen LogP contribution < -0.4 is 5.43 Å². The van der Waals surface area contributed by atoms with Crippen LogP contribution in [0.2, 0.25) is 0 Å². The molecule has 1 rings (SSSR count). The van der Waals surface area contributed by atoms with E-state index in [0.717, 1.165) is 6.54 Å². The van der Waals surface area contributed by atoms with Gasteiger partial charge in [-0.3, -0.25) is 0 Å². The van der Waals surface area contributed by atoms with Crippen LogP contribution in [-0.4, -0.2) is 12.8 Å². The maximum Gasteiger partial charge on any atom is 0.0583 e. The molecule has 2 nitrogen and oxygen atoms in total. The number of hydrazone groups is 1. The van der Waals surface area contributed by atoms with Crippen LogP contribution in [0.1, 0.15) is 0 Å². The molecule has 31 valence electrons. The summed E-state index contributed by atoms with van der Waals surface area (Å²) in [6.07, 6.45) is 6.36. The number of hydrogen-bond donors (Lipinski definition) is 1. The number of hydrogen-bond acceptors (Lipinski definition) is 2. The second-order valence-corrected chi connectivity index (χ2v) is 0.984. The summed E-state index contributed by atoms with van der Waals surface area (Å²) in [6, 6.07) is 0. The van der Waals surface area contributed by atoms with Crippen LogP contribution in [0.4, 0.5) is 0 Å². The molecule has 1 N–H and O–H groups in total. The third-order valence-electron chi connectivity index (χ3n) is 0.539. The Labute approximate surface area is 36.6 Å². The smallest absolute Gasteiger partial charge is 0.0583 e. The van der Waals surface area contributed by atoms with Crippen molar-refractivity contribution in [2.24, 2.45) is 5.10 Å². The van der Waals surface area contributed by atoms with Gasteiger partial charge in [-0.25, -0.2) is 0 Å². The molecule has 0 aliphatic carbocycles. The van der Waals surface area contributed by atoms with E-state index >= 15 is 0 Å². The van der Waals surface area contributed by atoms with Gasteiger partial charge >= 0.3 is 0 Å². The first-order valence-electron chi connectivity index (χ1n) is 1.81. The maximum atomic E-state index is 3.68. The third kappa shape index (κ3) is 0.578. The van der Waals surface area contributed by atoms with Crippen LogP contribution in [0.25, 0.3) is 0 Å². The summed E-state index contributed by atoms with van der Waals surface area (Å²) in [5, 5.41) is 3.68. The molecule has 2 heteroatoms. The van der Waals surface area contributed by atoms with Crippen LogP contribution >= 0.6 is 0 Å². The van der Waals surface area contributed by atoms with Gasteiger partial charge in [0.25, 0.3) is 0 Å². The fraction of sp³-hybridized carbons (Fsp3) is 0.250. The minimum absolute atomic E-state index is 0.747. The third-order valence-corrected chi connectivity index (χ3v) is 0.539. The van der Waals surface area contributed by atoms with Gasteiger partial charge in [-0.2, -0.15) is 5.10 Å². The Morgan fingerprint density at radius 2 is 2.83 bits per heavy atom. The molecule has 0 bridgehead atoms. The lowest BCUT2D eigenvalue weighted by molar-refractivity contribution is 0.811. The molecule has 0 atom stereocenters.